The minimum atomic E-state index is -0.876. The Morgan fingerprint density at radius 2 is 2.03 bits per heavy atom. The number of rotatable bonds is 5. The van der Waals surface area contributed by atoms with Crippen molar-refractivity contribution in [2.75, 3.05) is 5.32 Å². The van der Waals surface area contributed by atoms with Crippen molar-refractivity contribution in [1.29, 1.82) is 0 Å². The molecule has 1 amide bonds. The van der Waals surface area contributed by atoms with Gasteiger partial charge in [-0.2, -0.15) is 0 Å². The Labute approximate surface area is 198 Å². The van der Waals surface area contributed by atoms with Crippen LogP contribution in [0.3, 0.4) is 0 Å². The van der Waals surface area contributed by atoms with Gasteiger partial charge in [0, 0.05) is 16.2 Å². The van der Waals surface area contributed by atoms with Crippen molar-refractivity contribution in [2.24, 2.45) is 15.4 Å². The number of aromatic nitrogens is 1. The van der Waals surface area contributed by atoms with Crippen LogP contribution in [0.15, 0.2) is 68.5 Å². The number of hydrogen-bond acceptors (Lipinski definition) is 7. The summed E-state index contributed by atoms with van der Waals surface area (Å²) in [6.45, 7) is 1.71. The van der Waals surface area contributed by atoms with Crippen LogP contribution in [-0.2, 0) is 9.53 Å². The van der Waals surface area contributed by atoms with E-state index in [0.29, 0.717) is 40.7 Å². The number of carboxylic acid groups (broad SMARTS) is 1. The summed E-state index contributed by atoms with van der Waals surface area (Å²) in [6, 6.07) is 7.09. The molecule has 9 nitrogen and oxygen atoms in total. The third-order valence-corrected chi connectivity index (χ3v) is 6.03. The van der Waals surface area contributed by atoms with E-state index in [2.05, 4.69) is 32.3 Å². The van der Waals surface area contributed by atoms with Gasteiger partial charge in [-0.1, -0.05) is 35.0 Å². The fourth-order valence-corrected chi connectivity index (χ4v) is 3.92. The van der Waals surface area contributed by atoms with Gasteiger partial charge in [0.15, 0.2) is 11.5 Å². The maximum Gasteiger partial charge on any atom is 0.412 e. The molecule has 1 aliphatic carbocycles. The molecule has 1 atom stereocenters. The fraction of sp³-hybridized carbons (Fsp3) is 0.208. The number of allylic oxidation sites excluding steroid dienone is 1. The van der Waals surface area contributed by atoms with E-state index in [4.69, 9.17) is 20.9 Å². The number of anilines is 1. The maximum atomic E-state index is 12.3. The summed E-state index contributed by atoms with van der Waals surface area (Å²) in [5.74, 6) is 5.25. The third-order valence-electron chi connectivity index (χ3n) is 5.69. The molecule has 0 spiro atoms. The average Bonchev–Trinajstić information content (AvgIpc) is 3.12. The normalized spacial score (nSPS) is 17.8. The summed E-state index contributed by atoms with van der Waals surface area (Å²) < 4.78 is 10.3. The number of benzene rings is 1. The first-order chi connectivity index (χ1) is 16.4. The Morgan fingerprint density at radius 3 is 2.74 bits per heavy atom. The van der Waals surface area contributed by atoms with E-state index < -0.39 is 23.6 Å². The Kier molecular flexibility index (Phi) is 5.30. The third kappa shape index (κ3) is 4.00. The molecule has 2 N–H and O–H groups in total. The number of nitrogens with zero attached hydrogens (tertiary/aromatic N) is 3. The molecule has 1 fully saturated rings. The van der Waals surface area contributed by atoms with Gasteiger partial charge in [0.2, 0.25) is 0 Å². The van der Waals surface area contributed by atoms with Crippen LogP contribution >= 0.6 is 11.6 Å². The van der Waals surface area contributed by atoms with Gasteiger partial charge in [0.1, 0.15) is 29.2 Å². The number of aliphatic imine (C=N–C) groups is 2. The molecule has 0 bridgehead atoms. The zero-order valence-electron chi connectivity index (χ0n) is 17.8. The van der Waals surface area contributed by atoms with Gasteiger partial charge in [-0.25, -0.2) is 14.8 Å². The monoisotopic (exact) mass is 476 g/mol. The number of hydrogen-bond donors (Lipinski definition) is 2. The Bertz CT molecular complexity index is 1400. The molecule has 170 valence electrons. The molecular formula is C24H17ClN4O5. The second-order valence-corrected chi connectivity index (χ2v) is 8.38. The van der Waals surface area contributed by atoms with Gasteiger partial charge in [0.25, 0.3) is 0 Å². The number of amidine groups is 1. The van der Waals surface area contributed by atoms with Crippen LogP contribution in [0.2, 0.25) is 5.02 Å². The molecule has 2 aromatic rings. The summed E-state index contributed by atoms with van der Waals surface area (Å²) in [7, 11) is 0. The lowest BCUT2D eigenvalue weighted by Gasteiger charge is -2.14. The van der Waals surface area contributed by atoms with Crippen molar-refractivity contribution in [3.05, 3.63) is 70.2 Å². The van der Waals surface area contributed by atoms with E-state index in [1.807, 2.05) is 0 Å². The Hall–Kier alpha value is -4.16. The number of aliphatic carboxylic acids is 1. The minimum absolute atomic E-state index is 0.196. The van der Waals surface area contributed by atoms with Crippen LogP contribution < -0.4 is 5.32 Å². The summed E-state index contributed by atoms with van der Waals surface area (Å²) in [5.41, 5.74) is 1.94. The van der Waals surface area contributed by atoms with E-state index >= 15 is 0 Å². The zero-order chi connectivity index (χ0) is 23.9. The van der Waals surface area contributed by atoms with E-state index in [-0.39, 0.29) is 11.4 Å². The predicted octanol–water partition coefficient (Wildman–Crippen LogP) is 4.53. The van der Waals surface area contributed by atoms with Crippen LogP contribution in [0.1, 0.15) is 37.1 Å². The molecule has 1 saturated carbocycles. The van der Waals surface area contributed by atoms with Crippen molar-refractivity contribution in [2.45, 2.75) is 25.9 Å². The highest BCUT2D eigenvalue weighted by molar-refractivity contribution is 6.31. The standard InChI is InChI=1S/C24H17ClN4O5/c1-13(16-4-2-3-5-17(16)25)34-23(32)27-19-12-33-29-18(19)7-6-15-10-14-11-20(28-21(14)26-15)24(8-9-24)22(30)31/h2-5,10-13H,8-9H2,1H3,(H,27,32)(H,30,31). The van der Waals surface area contributed by atoms with Crippen LogP contribution in [-0.4, -0.2) is 33.9 Å². The number of carbonyl (C=O) groups excluding carboxylic acids is 1. The Balaban J connectivity index is 1.24. The predicted molar refractivity (Wildman–Crippen MR) is 124 cm³/mol. The van der Waals surface area contributed by atoms with Gasteiger partial charge in [-0.05, 0) is 49.8 Å². The average molecular weight is 477 g/mol. The first-order valence-corrected chi connectivity index (χ1v) is 10.8. The smallest absolute Gasteiger partial charge is 0.412 e. The van der Waals surface area contributed by atoms with Gasteiger partial charge in [-0.3, -0.25) is 10.1 Å². The number of nitrogens with one attached hydrogen (secondary N) is 1. The lowest BCUT2D eigenvalue weighted by atomic mass is 10.0. The number of halogens is 1. The van der Waals surface area contributed by atoms with Gasteiger partial charge >= 0.3 is 12.1 Å². The summed E-state index contributed by atoms with van der Waals surface area (Å²) >= 11 is 6.15. The largest absolute Gasteiger partial charge is 0.481 e. The van der Waals surface area contributed by atoms with Crippen molar-refractivity contribution in [3.8, 4) is 11.8 Å². The highest BCUT2D eigenvalue weighted by Crippen LogP contribution is 2.54. The number of fused-ring (bicyclic) bond motifs is 1. The lowest BCUT2D eigenvalue weighted by molar-refractivity contribution is -0.141. The van der Waals surface area contributed by atoms with E-state index in [9.17, 15) is 14.7 Å². The molecule has 3 aliphatic rings. The fourth-order valence-electron chi connectivity index (χ4n) is 3.63. The van der Waals surface area contributed by atoms with Gasteiger partial charge in [0.05, 0.1) is 5.70 Å². The first-order valence-electron chi connectivity index (χ1n) is 10.4. The van der Waals surface area contributed by atoms with Crippen molar-refractivity contribution >= 4 is 40.9 Å². The second-order valence-electron chi connectivity index (χ2n) is 7.97. The highest BCUT2D eigenvalue weighted by atomic mass is 35.5. The number of ether oxygens (including phenoxy) is 1. The number of amides is 1. The summed E-state index contributed by atoms with van der Waals surface area (Å²) in [6.07, 6.45) is 4.59. The molecule has 1 aromatic heterocycles. The molecule has 1 aromatic carbocycles. The maximum absolute atomic E-state index is 12.3. The number of carbonyl (C=O) groups is 2. The quantitative estimate of drug-likeness (QED) is 0.610. The molecule has 3 heterocycles. The molecule has 34 heavy (non-hydrogen) atoms. The molecule has 2 aliphatic heterocycles. The van der Waals surface area contributed by atoms with Crippen LogP contribution in [0.25, 0.3) is 0 Å². The summed E-state index contributed by atoms with van der Waals surface area (Å²) in [4.78, 5) is 32.5. The molecular weight excluding hydrogens is 460 g/mol. The minimum Gasteiger partial charge on any atom is -0.481 e. The lowest BCUT2D eigenvalue weighted by Crippen LogP contribution is -2.16. The van der Waals surface area contributed by atoms with Crippen molar-refractivity contribution < 1.29 is 24.0 Å². The van der Waals surface area contributed by atoms with E-state index in [0.717, 1.165) is 5.57 Å². The SMILES string of the molecule is CC(OC(=O)Nc1conc1C#CC1=NC2=NC(C3(C(=O)O)CC3)=CC2=C1)c1ccccc1Cl. The molecule has 0 saturated heterocycles. The number of carboxylic acids is 1. The topological polar surface area (TPSA) is 126 Å². The van der Waals surface area contributed by atoms with Crippen molar-refractivity contribution in [3.63, 3.8) is 0 Å². The van der Waals surface area contributed by atoms with Gasteiger partial charge in [-0.15, -0.1) is 0 Å². The second kappa shape index (κ2) is 8.32. The molecule has 5 rings (SSSR count). The molecule has 1 unspecified atom stereocenters. The van der Waals surface area contributed by atoms with Gasteiger partial charge < -0.3 is 14.4 Å². The first kappa shape index (κ1) is 21.7. The van der Waals surface area contributed by atoms with Crippen LogP contribution in [0.5, 0.6) is 0 Å². The Morgan fingerprint density at radius 1 is 1.24 bits per heavy atom. The highest BCUT2D eigenvalue weighted by Gasteiger charge is 2.55. The van der Waals surface area contributed by atoms with Crippen molar-refractivity contribution in [1.82, 2.24) is 5.16 Å². The molecule has 0 radical (unpaired) electrons. The molecule has 10 heteroatoms. The van der Waals surface area contributed by atoms with E-state index in [1.165, 1.54) is 6.26 Å². The van der Waals surface area contributed by atoms with E-state index in [1.54, 1.807) is 43.3 Å². The van der Waals surface area contributed by atoms with Crippen LogP contribution in [0.4, 0.5) is 10.5 Å². The van der Waals surface area contributed by atoms with Crippen LogP contribution in [0, 0.1) is 17.3 Å². The summed E-state index contributed by atoms with van der Waals surface area (Å²) in [5, 5.41) is 16.3. The zero-order valence-corrected chi connectivity index (χ0v) is 18.6.